The zero-order chi connectivity index (χ0) is 9.52. The first kappa shape index (κ1) is 9.51. The van der Waals surface area contributed by atoms with E-state index in [4.69, 9.17) is 4.74 Å². The zero-order valence-electron chi connectivity index (χ0n) is 7.49. The van der Waals surface area contributed by atoms with Crippen LogP contribution in [0, 0.1) is 0 Å². The summed E-state index contributed by atoms with van der Waals surface area (Å²) in [5, 5.41) is 2.63. The summed E-state index contributed by atoms with van der Waals surface area (Å²) in [5.74, 6) is 0.669. The molecule has 0 aliphatic heterocycles. The maximum atomic E-state index is 10.5. The maximum absolute atomic E-state index is 10.5. The van der Waals surface area contributed by atoms with E-state index in [9.17, 15) is 4.79 Å². The highest BCUT2D eigenvalue weighted by molar-refractivity contribution is 5.72. The smallest absolute Gasteiger partial charge is 0.216 e. The molecule has 1 aromatic heterocycles. The van der Waals surface area contributed by atoms with Crippen molar-refractivity contribution in [2.75, 3.05) is 13.2 Å². The fourth-order valence-corrected chi connectivity index (χ4v) is 0.828. The number of rotatable bonds is 4. The van der Waals surface area contributed by atoms with Crippen molar-refractivity contribution >= 4 is 5.91 Å². The van der Waals surface area contributed by atoms with E-state index >= 15 is 0 Å². The molecule has 0 bridgehead atoms. The molecule has 1 amide bonds. The van der Waals surface area contributed by atoms with Crippen molar-refractivity contribution in [1.29, 1.82) is 0 Å². The van der Waals surface area contributed by atoms with Gasteiger partial charge < -0.3 is 10.1 Å². The van der Waals surface area contributed by atoms with E-state index in [1.807, 2.05) is 6.07 Å². The molecule has 4 nitrogen and oxygen atoms in total. The van der Waals surface area contributed by atoms with Crippen LogP contribution in [0.15, 0.2) is 24.5 Å². The Bertz CT molecular complexity index is 262. The first-order chi connectivity index (χ1) is 6.29. The summed E-state index contributed by atoms with van der Waals surface area (Å²) in [6.45, 7) is 2.46. The molecule has 13 heavy (non-hydrogen) atoms. The van der Waals surface area contributed by atoms with Crippen LogP contribution >= 0.6 is 0 Å². The van der Waals surface area contributed by atoms with Crippen molar-refractivity contribution in [2.24, 2.45) is 0 Å². The number of carbonyl (C=O) groups excluding carboxylic acids is 1. The normalized spacial score (nSPS) is 9.31. The molecule has 0 fully saturated rings. The second-order valence-electron chi connectivity index (χ2n) is 2.52. The number of carbonyl (C=O) groups is 1. The number of nitrogens with one attached hydrogen (secondary N) is 1. The van der Waals surface area contributed by atoms with Crippen LogP contribution in [0.5, 0.6) is 5.75 Å². The van der Waals surface area contributed by atoms with Crippen LogP contribution in [0.2, 0.25) is 0 Å². The third-order valence-electron chi connectivity index (χ3n) is 1.38. The predicted octanol–water partition coefficient (Wildman–Crippen LogP) is 0.597. The summed E-state index contributed by atoms with van der Waals surface area (Å²) in [4.78, 5) is 14.4. The highest BCUT2D eigenvalue weighted by Gasteiger charge is 1.92. The van der Waals surface area contributed by atoms with Gasteiger partial charge in [-0.3, -0.25) is 9.78 Å². The van der Waals surface area contributed by atoms with Crippen LogP contribution < -0.4 is 10.1 Å². The molecule has 1 heterocycles. The van der Waals surface area contributed by atoms with Crippen molar-refractivity contribution in [1.82, 2.24) is 10.3 Å². The first-order valence-electron chi connectivity index (χ1n) is 4.06. The van der Waals surface area contributed by atoms with Crippen molar-refractivity contribution in [3.8, 4) is 5.75 Å². The number of ether oxygens (including phenoxy) is 1. The van der Waals surface area contributed by atoms with Gasteiger partial charge in [-0.25, -0.2) is 0 Å². The van der Waals surface area contributed by atoms with Crippen molar-refractivity contribution in [3.63, 3.8) is 0 Å². The van der Waals surface area contributed by atoms with Gasteiger partial charge in [-0.05, 0) is 12.1 Å². The third-order valence-corrected chi connectivity index (χ3v) is 1.38. The molecule has 0 aromatic carbocycles. The average molecular weight is 180 g/mol. The molecule has 0 unspecified atom stereocenters. The number of pyridine rings is 1. The van der Waals surface area contributed by atoms with Crippen molar-refractivity contribution in [3.05, 3.63) is 24.5 Å². The van der Waals surface area contributed by atoms with Gasteiger partial charge >= 0.3 is 0 Å². The maximum Gasteiger partial charge on any atom is 0.216 e. The minimum atomic E-state index is -0.0465. The summed E-state index contributed by atoms with van der Waals surface area (Å²) in [6, 6.07) is 3.62. The molecule has 0 saturated carbocycles. The van der Waals surface area contributed by atoms with Crippen LogP contribution in [-0.2, 0) is 4.79 Å². The lowest BCUT2D eigenvalue weighted by atomic mass is 10.5. The summed E-state index contributed by atoms with van der Waals surface area (Å²) >= 11 is 0. The topological polar surface area (TPSA) is 51.2 Å². The number of hydrogen-bond donors (Lipinski definition) is 1. The standard InChI is InChI=1S/C9H12N2O2/c1-8(12)11-5-6-13-9-3-2-4-10-7-9/h2-4,7H,5-6H2,1H3,(H,11,12). The Morgan fingerprint density at radius 1 is 1.69 bits per heavy atom. The summed E-state index contributed by atoms with van der Waals surface area (Å²) in [6.07, 6.45) is 3.31. The SMILES string of the molecule is CC(=O)NCCOc1cccnc1. The van der Waals surface area contributed by atoms with Gasteiger partial charge in [-0.1, -0.05) is 0 Å². The van der Waals surface area contributed by atoms with Crippen LogP contribution in [-0.4, -0.2) is 24.0 Å². The Morgan fingerprint density at radius 2 is 2.54 bits per heavy atom. The molecule has 70 valence electrons. The second-order valence-corrected chi connectivity index (χ2v) is 2.52. The van der Waals surface area contributed by atoms with E-state index in [-0.39, 0.29) is 5.91 Å². The quantitative estimate of drug-likeness (QED) is 0.690. The van der Waals surface area contributed by atoms with Gasteiger partial charge in [0, 0.05) is 13.1 Å². The van der Waals surface area contributed by atoms with Crippen molar-refractivity contribution in [2.45, 2.75) is 6.92 Å². The largest absolute Gasteiger partial charge is 0.490 e. The van der Waals surface area contributed by atoms with E-state index in [0.29, 0.717) is 18.9 Å². The summed E-state index contributed by atoms with van der Waals surface area (Å²) < 4.78 is 5.28. The zero-order valence-corrected chi connectivity index (χ0v) is 7.49. The van der Waals surface area contributed by atoms with E-state index < -0.39 is 0 Å². The van der Waals surface area contributed by atoms with E-state index in [0.717, 1.165) is 0 Å². The number of nitrogens with zero attached hydrogens (tertiary/aromatic N) is 1. The molecule has 0 atom stereocenters. The van der Waals surface area contributed by atoms with Gasteiger partial charge in [0.2, 0.25) is 5.91 Å². The van der Waals surface area contributed by atoms with E-state index in [1.54, 1.807) is 18.5 Å². The van der Waals surface area contributed by atoms with Gasteiger partial charge in [0.15, 0.2) is 0 Å². The summed E-state index contributed by atoms with van der Waals surface area (Å²) in [5.41, 5.74) is 0. The Morgan fingerprint density at radius 3 is 3.15 bits per heavy atom. The second kappa shape index (κ2) is 5.13. The van der Waals surface area contributed by atoms with Crippen LogP contribution in [0.1, 0.15) is 6.92 Å². The van der Waals surface area contributed by atoms with E-state index in [2.05, 4.69) is 10.3 Å². The minimum absolute atomic E-state index is 0.0465. The lowest BCUT2D eigenvalue weighted by molar-refractivity contribution is -0.119. The third kappa shape index (κ3) is 4.10. The molecule has 0 saturated heterocycles. The number of amides is 1. The van der Waals surface area contributed by atoms with Crippen LogP contribution in [0.4, 0.5) is 0 Å². The molecule has 1 N–H and O–H groups in total. The molecule has 0 aliphatic carbocycles. The average Bonchev–Trinajstić information content (AvgIpc) is 2.14. The Balaban J connectivity index is 2.17. The van der Waals surface area contributed by atoms with Gasteiger partial charge in [0.05, 0.1) is 12.7 Å². The molecule has 4 heteroatoms. The Kier molecular flexibility index (Phi) is 3.75. The first-order valence-corrected chi connectivity index (χ1v) is 4.06. The highest BCUT2D eigenvalue weighted by atomic mass is 16.5. The van der Waals surface area contributed by atoms with Gasteiger partial charge in [-0.15, -0.1) is 0 Å². The monoisotopic (exact) mass is 180 g/mol. The lowest BCUT2D eigenvalue weighted by Crippen LogP contribution is -2.25. The lowest BCUT2D eigenvalue weighted by Gasteiger charge is -2.04. The fraction of sp³-hybridized carbons (Fsp3) is 0.333. The Labute approximate surface area is 76.9 Å². The summed E-state index contributed by atoms with van der Waals surface area (Å²) in [7, 11) is 0. The van der Waals surface area contributed by atoms with Crippen LogP contribution in [0.3, 0.4) is 0 Å². The molecule has 1 rings (SSSR count). The highest BCUT2D eigenvalue weighted by Crippen LogP contribution is 2.04. The van der Waals surface area contributed by atoms with Gasteiger partial charge in [0.25, 0.3) is 0 Å². The predicted molar refractivity (Wildman–Crippen MR) is 48.4 cm³/mol. The molecule has 0 aliphatic rings. The minimum Gasteiger partial charge on any atom is -0.490 e. The Hall–Kier alpha value is -1.58. The van der Waals surface area contributed by atoms with E-state index in [1.165, 1.54) is 6.92 Å². The van der Waals surface area contributed by atoms with Crippen LogP contribution in [0.25, 0.3) is 0 Å². The molecule has 0 spiro atoms. The van der Waals surface area contributed by atoms with Gasteiger partial charge in [0.1, 0.15) is 12.4 Å². The van der Waals surface area contributed by atoms with Crippen molar-refractivity contribution < 1.29 is 9.53 Å². The molecule has 0 radical (unpaired) electrons. The number of hydrogen-bond acceptors (Lipinski definition) is 3. The fourth-order valence-electron chi connectivity index (χ4n) is 0.828. The molecule has 1 aromatic rings. The number of aromatic nitrogens is 1. The van der Waals surface area contributed by atoms with Gasteiger partial charge in [-0.2, -0.15) is 0 Å². The molecular weight excluding hydrogens is 168 g/mol. The molecular formula is C9H12N2O2.